The van der Waals surface area contributed by atoms with Crippen LogP contribution in [0.4, 0.5) is 4.39 Å². The summed E-state index contributed by atoms with van der Waals surface area (Å²) in [5, 5.41) is 0. The molecule has 1 aromatic rings. The molecule has 0 saturated carbocycles. The molecule has 0 aromatic heterocycles. The molecule has 2 N–H and O–H groups in total. The number of halogens is 1. The van der Waals surface area contributed by atoms with E-state index in [-0.39, 0.29) is 16.8 Å². The molecule has 114 valence electrons. The molecule has 2 nitrogen and oxygen atoms in total. The van der Waals surface area contributed by atoms with Crippen LogP contribution in [0.1, 0.15) is 40.2 Å². The summed E-state index contributed by atoms with van der Waals surface area (Å²) in [4.78, 5) is 2.29. The van der Waals surface area contributed by atoms with Gasteiger partial charge in [0.2, 0.25) is 0 Å². The number of rotatable bonds is 5. The Morgan fingerprint density at radius 2 is 1.75 bits per heavy atom. The van der Waals surface area contributed by atoms with Crippen molar-refractivity contribution in [1.29, 1.82) is 0 Å². The lowest BCUT2D eigenvalue weighted by atomic mass is 9.82. The van der Waals surface area contributed by atoms with Crippen molar-refractivity contribution in [2.24, 2.45) is 11.1 Å². The van der Waals surface area contributed by atoms with Gasteiger partial charge in [-0.05, 0) is 44.4 Å². The number of nitrogens with zero attached hydrogens (tertiary/aromatic N) is 1. The Balaban J connectivity index is 3.00. The third-order valence-electron chi connectivity index (χ3n) is 4.65. The first-order chi connectivity index (χ1) is 9.12. The first-order valence-electron chi connectivity index (χ1n) is 7.28. The van der Waals surface area contributed by atoms with Gasteiger partial charge >= 0.3 is 0 Å². The fraction of sp³-hybridized carbons (Fsp3) is 0.647. The minimum Gasteiger partial charge on any atom is -0.329 e. The maximum Gasteiger partial charge on any atom is 0.126 e. The lowest BCUT2D eigenvalue weighted by Crippen LogP contribution is -2.57. The quantitative estimate of drug-likeness (QED) is 0.895. The van der Waals surface area contributed by atoms with Crippen molar-refractivity contribution >= 4 is 0 Å². The molecule has 2 unspecified atom stereocenters. The summed E-state index contributed by atoms with van der Waals surface area (Å²) in [5.41, 5.74) is 6.65. The first-order valence-corrected chi connectivity index (χ1v) is 7.28. The zero-order valence-electron chi connectivity index (χ0n) is 13.7. The van der Waals surface area contributed by atoms with Gasteiger partial charge in [-0.15, -0.1) is 0 Å². The maximum atomic E-state index is 13.9. The van der Waals surface area contributed by atoms with Crippen LogP contribution in [-0.2, 0) is 6.42 Å². The van der Waals surface area contributed by atoms with Gasteiger partial charge in [0.05, 0.1) is 0 Å². The van der Waals surface area contributed by atoms with Crippen LogP contribution in [0.5, 0.6) is 0 Å². The summed E-state index contributed by atoms with van der Waals surface area (Å²) in [6, 6.07) is 7.31. The summed E-state index contributed by atoms with van der Waals surface area (Å²) in [5.74, 6) is -0.149. The normalized spacial score (nSPS) is 17.1. The van der Waals surface area contributed by atoms with Crippen molar-refractivity contribution in [3.8, 4) is 0 Å². The smallest absolute Gasteiger partial charge is 0.126 e. The van der Waals surface area contributed by atoms with E-state index >= 15 is 0 Å². The molecule has 0 amide bonds. The average molecular weight is 280 g/mol. The molecule has 20 heavy (non-hydrogen) atoms. The Morgan fingerprint density at radius 1 is 1.20 bits per heavy atom. The van der Waals surface area contributed by atoms with E-state index in [0.29, 0.717) is 19.0 Å². The van der Waals surface area contributed by atoms with E-state index in [1.54, 1.807) is 6.07 Å². The van der Waals surface area contributed by atoms with Crippen molar-refractivity contribution in [3.05, 3.63) is 35.6 Å². The molecule has 3 heteroatoms. The fourth-order valence-electron chi connectivity index (χ4n) is 2.44. The molecule has 1 rings (SSSR count). The van der Waals surface area contributed by atoms with Crippen LogP contribution in [0.2, 0.25) is 0 Å². The first kappa shape index (κ1) is 17.1. The summed E-state index contributed by atoms with van der Waals surface area (Å²) < 4.78 is 13.9. The highest BCUT2D eigenvalue weighted by atomic mass is 19.1. The van der Waals surface area contributed by atoms with E-state index in [0.717, 1.165) is 5.56 Å². The number of hydrogen-bond donors (Lipinski definition) is 1. The van der Waals surface area contributed by atoms with Gasteiger partial charge in [0, 0.05) is 18.1 Å². The van der Waals surface area contributed by atoms with Crippen molar-refractivity contribution < 1.29 is 4.39 Å². The van der Waals surface area contributed by atoms with Gasteiger partial charge in [0.25, 0.3) is 0 Å². The molecule has 0 heterocycles. The zero-order chi connectivity index (χ0) is 15.6. The van der Waals surface area contributed by atoms with Gasteiger partial charge in [-0.3, -0.25) is 4.90 Å². The highest BCUT2D eigenvalue weighted by molar-refractivity contribution is 5.20. The molecule has 0 fully saturated rings. The van der Waals surface area contributed by atoms with Gasteiger partial charge in [-0.1, -0.05) is 39.0 Å². The molecule has 0 saturated heterocycles. The lowest BCUT2D eigenvalue weighted by Gasteiger charge is -2.46. The minimum absolute atomic E-state index is 0.149. The second kappa shape index (κ2) is 6.23. The Morgan fingerprint density at radius 3 is 2.20 bits per heavy atom. The fourth-order valence-corrected chi connectivity index (χ4v) is 2.44. The van der Waals surface area contributed by atoms with Crippen LogP contribution in [0.25, 0.3) is 0 Å². The molecule has 0 aliphatic rings. The van der Waals surface area contributed by atoms with Crippen LogP contribution < -0.4 is 5.73 Å². The highest BCUT2D eigenvalue weighted by Crippen LogP contribution is 2.30. The highest BCUT2D eigenvalue weighted by Gasteiger charge is 2.36. The number of hydrogen-bond acceptors (Lipinski definition) is 2. The van der Waals surface area contributed by atoms with E-state index in [1.807, 2.05) is 12.1 Å². The Bertz CT molecular complexity index is 439. The molecule has 0 aliphatic carbocycles. The van der Waals surface area contributed by atoms with Crippen LogP contribution in [0.3, 0.4) is 0 Å². The van der Waals surface area contributed by atoms with Gasteiger partial charge in [-0.2, -0.15) is 0 Å². The molecule has 0 radical (unpaired) electrons. The van der Waals surface area contributed by atoms with Gasteiger partial charge in [-0.25, -0.2) is 4.39 Å². The lowest BCUT2D eigenvalue weighted by molar-refractivity contribution is 0.0420. The largest absolute Gasteiger partial charge is 0.329 e. The van der Waals surface area contributed by atoms with Crippen molar-refractivity contribution in [2.45, 2.75) is 52.6 Å². The van der Waals surface area contributed by atoms with E-state index in [1.165, 1.54) is 6.07 Å². The Hall–Kier alpha value is -0.930. The van der Waals surface area contributed by atoms with Gasteiger partial charge in [0.15, 0.2) is 0 Å². The van der Waals surface area contributed by atoms with Crippen LogP contribution >= 0.6 is 0 Å². The predicted octanol–water partition coefficient (Wildman–Crippen LogP) is 3.45. The molecule has 0 spiro atoms. The molecular formula is C17H29FN2. The predicted molar refractivity (Wildman–Crippen MR) is 84.2 cm³/mol. The van der Waals surface area contributed by atoms with E-state index in [9.17, 15) is 4.39 Å². The summed E-state index contributed by atoms with van der Waals surface area (Å²) in [6.45, 7) is 11.5. The van der Waals surface area contributed by atoms with Crippen LogP contribution in [0.15, 0.2) is 24.3 Å². The standard InChI is InChI=1S/C17H29FN2/c1-13(16(2,3)4)20(6)17(5,12-19)11-14-9-7-8-10-15(14)18/h7-10,13H,11-12,19H2,1-6H3. The van der Waals surface area contributed by atoms with Gasteiger partial charge in [0.1, 0.15) is 5.82 Å². The number of benzene rings is 1. The maximum absolute atomic E-state index is 13.9. The van der Waals surface area contributed by atoms with Crippen molar-refractivity contribution in [1.82, 2.24) is 4.90 Å². The van der Waals surface area contributed by atoms with E-state index < -0.39 is 0 Å². The molecule has 0 bridgehead atoms. The van der Waals surface area contributed by atoms with Gasteiger partial charge < -0.3 is 5.73 Å². The third kappa shape index (κ3) is 3.80. The molecular weight excluding hydrogens is 251 g/mol. The van der Waals surface area contributed by atoms with E-state index in [4.69, 9.17) is 5.73 Å². The third-order valence-corrected chi connectivity index (χ3v) is 4.65. The monoisotopic (exact) mass is 280 g/mol. The minimum atomic E-state index is -0.255. The van der Waals surface area contributed by atoms with E-state index in [2.05, 4.69) is 46.6 Å². The second-order valence-corrected chi connectivity index (χ2v) is 7.12. The van der Waals surface area contributed by atoms with Crippen molar-refractivity contribution in [3.63, 3.8) is 0 Å². The zero-order valence-corrected chi connectivity index (χ0v) is 13.7. The number of nitrogens with two attached hydrogens (primary N) is 1. The molecule has 1 aromatic carbocycles. The second-order valence-electron chi connectivity index (χ2n) is 7.12. The topological polar surface area (TPSA) is 29.3 Å². The van der Waals surface area contributed by atoms with Crippen LogP contribution in [0, 0.1) is 11.2 Å². The Kier molecular flexibility index (Phi) is 5.33. The summed E-state index contributed by atoms with van der Waals surface area (Å²) >= 11 is 0. The molecule has 2 atom stereocenters. The average Bonchev–Trinajstić information content (AvgIpc) is 2.38. The van der Waals surface area contributed by atoms with Crippen LogP contribution in [-0.4, -0.2) is 30.1 Å². The SMILES string of the molecule is CC(N(C)C(C)(CN)Cc1ccccc1F)C(C)(C)C. The number of likely N-dealkylation sites (N-methyl/N-ethyl adjacent to an activating group) is 1. The summed E-state index contributed by atoms with van der Waals surface area (Å²) in [7, 11) is 2.09. The summed E-state index contributed by atoms with van der Waals surface area (Å²) in [6.07, 6.45) is 0.618. The molecule has 0 aliphatic heterocycles. The Labute approximate surface area is 123 Å². The van der Waals surface area contributed by atoms with Crippen molar-refractivity contribution in [2.75, 3.05) is 13.6 Å².